The van der Waals surface area contributed by atoms with Crippen molar-refractivity contribution in [2.24, 2.45) is 7.05 Å². The van der Waals surface area contributed by atoms with Gasteiger partial charge in [-0.3, -0.25) is 13.9 Å². The van der Waals surface area contributed by atoms with Crippen molar-refractivity contribution in [1.29, 1.82) is 0 Å². The van der Waals surface area contributed by atoms with Crippen LogP contribution < -0.4 is 11.2 Å². The summed E-state index contributed by atoms with van der Waals surface area (Å²) in [6.45, 7) is 2.18. The molecule has 22 heavy (non-hydrogen) atoms. The van der Waals surface area contributed by atoms with Gasteiger partial charge in [0.2, 0.25) is 0 Å². The Morgan fingerprint density at radius 3 is 2.86 bits per heavy atom. The number of nitrogens with zero attached hydrogens (tertiary/aromatic N) is 4. The second-order valence-corrected chi connectivity index (χ2v) is 5.21. The number of aryl methyl sites for hydroxylation is 3. The lowest BCUT2D eigenvalue weighted by atomic mass is 10.2. The Balaban J connectivity index is 1.90. The van der Waals surface area contributed by atoms with E-state index in [9.17, 15) is 9.59 Å². The van der Waals surface area contributed by atoms with Gasteiger partial charge in [0.05, 0.1) is 11.1 Å². The quantitative estimate of drug-likeness (QED) is 0.718. The van der Waals surface area contributed by atoms with Gasteiger partial charge in [-0.25, -0.2) is 9.78 Å². The van der Waals surface area contributed by atoms with E-state index in [0.717, 1.165) is 11.5 Å². The second kappa shape index (κ2) is 5.59. The van der Waals surface area contributed by atoms with Gasteiger partial charge in [-0.15, -0.1) is 0 Å². The lowest BCUT2D eigenvalue weighted by molar-refractivity contribution is 0.373. The third-order valence-electron chi connectivity index (χ3n) is 3.58. The summed E-state index contributed by atoms with van der Waals surface area (Å²) in [6, 6.07) is 5.22. The first-order chi connectivity index (χ1) is 10.6. The minimum absolute atomic E-state index is 0.306. The molecule has 0 unspecified atom stereocenters. The molecule has 0 radical (unpaired) electrons. The molecule has 3 aromatic heterocycles. The minimum Gasteiger partial charge on any atom is -0.361 e. The zero-order chi connectivity index (χ0) is 15.7. The van der Waals surface area contributed by atoms with Gasteiger partial charge in [-0.05, 0) is 25.5 Å². The Kier molecular flexibility index (Phi) is 3.62. The van der Waals surface area contributed by atoms with Crippen LogP contribution in [0, 0.1) is 6.92 Å². The Morgan fingerprint density at radius 1 is 1.32 bits per heavy atom. The van der Waals surface area contributed by atoms with Gasteiger partial charge in [-0.1, -0.05) is 5.16 Å². The molecule has 0 spiro atoms. The zero-order valence-electron chi connectivity index (χ0n) is 12.4. The second-order valence-electron chi connectivity index (χ2n) is 5.21. The SMILES string of the molecule is Cc1cc(CCCn2c(=O)c3cccnc3n(C)c2=O)on1. The van der Waals surface area contributed by atoms with Gasteiger partial charge >= 0.3 is 5.69 Å². The predicted octanol–water partition coefficient (Wildman–Crippen LogP) is 1.02. The van der Waals surface area contributed by atoms with Crippen LogP contribution in [-0.2, 0) is 20.0 Å². The van der Waals surface area contributed by atoms with Crippen LogP contribution in [0.1, 0.15) is 17.9 Å². The minimum atomic E-state index is -0.357. The summed E-state index contributed by atoms with van der Waals surface area (Å²) in [5.41, 5.74) is 0.560. The van der Waals surface area contributed by atoms with Crippen molar-refractivity contribution in [3.63, 3.8) is 0 Å². The number of fused-ring (bicyclic) bond motifs is 1. The molecule has 0 amide bonds. The van der Waals surface area contributed by atoms with Crippen molar-refractivity contribution in [3.05, 3.63) is 56.7 Å². The summed E-state index contributed by atoms with van der Waals surface area (Å²) in [4.78, 5) is 28.8. The van der Waals surface area contributed by atoms with Crippen LogP contribution in [0.3, 0.4) is 0 Å². The smallest absolute Gasteiger partial charge is 0.332 e. The highest BCUT2D eigenvalue weighted by Crippen LogP contribution is 2.06. The van der Waals surface area contributed by atoms with Crippen LogP contribution in [-0.4, -0.2) is 19.3 Å². The largest absolute Gasteiger partial charge is 0.361 e. The van der Waals surface area contributed by atoms with Gasteiger partial charge in [0.25, 0.3) is 5.56 Å². The van der Waals surface area contributed by atoms with Gasteiger partial charge in [0.1, 0.15) is 11.4 Å². The van der Waals surface area contributed by atoms with Crippen molar-refractivity contribution in [3.8, 4) is 0 Å². The zero-order valence-corrected chi connectivity index (χ0v) is 12.4. The number of pyridine rings is 1. The molecule has 0 atom stereocenters. The fourth-order valence-corrected chi connectivity index (χ4v) is 2.48. The first kappa shape index (κ1) is 14.2. The summed E-state index contributed by atoms with van der Waals surface area (Å²) in [5.74, 6) is 0.754. The van der Waals surface area contributed by atoms with E-state index >= 15 is 0 Å². The highest BCUT2D eigenvalue weighted by molar-refractivity contribution is 5.73. The molecule has 0 aliphatic carbocycles. The number of rotatable bonds is 4. The lowest BCUT2D eigenvalue weighted by Crippen LogP contribution is -2.39. The third-order valence-corrected chi connectivity index (χ3v) is 3.58. The van der Waals surface area contributed by atoms with Crippen molar-refractivity contribution in [2.45, 2.75) is 26.3 Å². The van der Waals surface area contributed by atoms with Crippen LogP contribution in [0.4, 0.5) is 0 Å². The van der Waals surface area contributed by atoms with Crippen molar-refractivity contribution < 1.29 is 4.52 Å². The topological polar surface area (TPSA) is 82.9 Å². The molecule has 0 saturated heterocycles. The molecule has 3 heterocycles. The molecule has 3 aromatic rings. The molecule has 114 valence electrons. The van der Waals surface area contributed by atoms with E-state index < -0.39 is 0 Å². The van der Waals surface area contributed by atoms with E-state index in [1.807, 2.05) is 13.0 Å². The fraction of sp³-hybridized carbons (Fsp3) is 0.333. The molecule has 0 aliphatic rings. The van der Waals surface area contributed by atoms with Crippen molar-refractivity contribution in [2.75, 3.05) is 0 Å². The monoisotopic (exact) mass is 300 g/mol. The highest BCUT2D eigenvalue weighted by atomic mass is 16.5. The van der Waals surface area contributed by atoms with Gasteiger partial charge < -0.3 is 4.52 Å². The third kappa shape index (κ3) is 2.45. The molecule has 0 aliphatic heterocycles. The van der Waals surface area contributed by atoms with Crippen molar-refractivity contribution in [1.82, 2.24) is 19.3 Å². The maximum absolute atomic E-state index is 12.4. The van der Waals surface area contributed by atoms with E-state index in [-0.39, 0.29) is 11.2 Å². The molecule has 0 bridgehead atoms. The van der Waals surface area contributed by atoms with Crippen LogP contribution in [0.5, 0.6) is 0 Å². The standard InChI is InChI=1S/C15H16N4O3/c1-10-9-11(22-17-10)5-4-8-19-14(20)12-6-3-7-16-13(12)18(2)15(19)21/h3,6-7,9H,4-5,8H2,1-2H3. The number of hydrogen-bond acceptors (Lipinski definition) is 5. The first-order valence-corrected chi connectivity index (χ1v) is 7.04. The lowest BCUT2D eigenvalue weighted by Gasteiger charge is -2.09. The number of hydrogen-bond donors (Lipinski definition) is 0. The summed E-state index contributed by atoms with van der Waals surface area (Å²) >= 11 is 0. The first-order valence-electron chi connectivity index (χ1n) is 7.04. The molecule has 0 aromatic carbocycles. The summed E-state index contributed by atoms with van der Waals surface area (Å²) in [7, 11) is 1.62. The molecule has 7 heteroatoms. The van der Waals surface area contributed by atoms with Gasteiger partial charge in [-0.2, -0.15) is 0 Å². The fourth-order valence-electron chi connectivity index (χ4n) is 2.48. The molecule has 0 saturated carbocycles. The Morgan fingerprint density at radius 2 is 2.14 bits per heavy atom. The summed E-state index contributed by atoms with van der Waals surface area (Å²) < 4.78 is 7.77. The Hall–Kier alpha value is -2.70. The average molecular weight is 300 g/mol. The number of aromatic nitrogens is 4. The Bertz CT molecular complexity index is 936. The summed E-state index contributed by atoms with van der Waals surface area (Å²) in [6.07, 6.45) is 2.81. The van der Waals surface area contributed by atoms with Crippen LogP contribution in [0.15, 0.2) is 38.5 Å². The molecule has 0 N–H and O–H groups in total. The van der Waals surface area contributed by atoms with Crippen molar-refractivity contribution >= 4 is 11.0 Å². The van der Waals surface area contributed by atoms with E-state index in [1.54, 1.807) is 25.4 Å². The van der Waals surface area contributed by atoms with Crippen LogP contribution in [0.2, 0.25) is 0 Å². The average Bonchev–Trinajstić information content (AvgIpc) is 2.94. The molecule has 3 rings (SSSR count). The van der Waals surface area contributed by atoms with E-state index in [2.05, 4.69) is 10.1 Å². The maximum atomic E-state index is 12.4. The van der Waals surface area contributed by atoms with E-state index in [4.69, 9.17) is 4.52 Å². The normalized spacial score (nSPS) is 11.2. The van der Waals surface area contributed by atoms with E-state index in [0.29, 0.717) is 30.4 Å². The molecule has 0 fully saturated rings. The van der Waals surface area contributed by atoms with Gasteiger partial charge in [0.15, 0.2) is 0 Å². The molecule has 7 nitrogen and oxygen atoms in total. The van der Waals surface area contributed by atoms with Crippen LogP contribution >= 0.6 is 0 Å². The van der Waals surface area contributed by atoms with Crippen LogP contribution in [0.25, 0.3) is 11.0 Å². The predicted molar refractivity (Wildman–Crippen MR) is 80.8 cm³/mol. The highest BCUT2D eigenvalue weighted by Gasteiger charge is 2.11. The van der Waals surface area contributed by atoms with Gasteiger partial charge in [0, 0.05) is 32.3 Å². The molecular formula is C15H16N4O3. The maximum Gasteiger partial charge on any atom is 0.332 e. The van der Waals surface area contributed by atoms with E-state index in [1.165, 1.54) is 9.13 Å². The molecular weight excluding hydrogens is 284 g/mol. The Labute approximate surface area is 125 Å². The summed E-state index contributed by atoms with van der Waals surface area (Å²) in [5, 5.41) is 4.26.